The van der Waals surface area contributed by atoms with E-state index in [-0.39, 0.29) is 12.6 Å². The van der Waals surface area contributed by atoms with E-state index in [0.717, 1.165) is 11.3 Å². The average molecular weight is 222 g/mol. The van der Waals surface area contributed by atoms with Crippen LogP contribution in [0.5, 0.6) is 5.75 Å². The summed E-state index contributed by atoms with van der Waals surface area (Å²) in [6.07, 6.45) is 0.632. The fourth-order valence-electron chi connectivity index (χ4n) is 1.12. The summed E-state index contributed by atoms with van der Waals surface area (Å²) in [5.41, 5.74) is 0.960. The molecule has 0 unspecified atom stereocenters. The minimum absolute atomic E-state index is 0.0223. The van der Waals surface area contributed by atoms with E-state index in [1.54, 1.807) is 7.11 Å². The predicted octanol–water partition coefficient (Wildman–Crippen LogP) is 0.693. The van der Waals surface area contributed by atoms with Gasteiger partial charge in [0.25, 0.3) is 0 Å². The first-order valence-corrected chi connectivity index (χ1v) is 4.84. The van der Waals surface area contributed by atoms with Gasteiger partial charge in [0, 0.05) is 6.54 Å². The van der Waals surface area contributed by atoms with Crippen molar-refractivity contribution in [2.24, 2.45) is 0 Å². The molecule has 1 aromatic rings. The second-order valence-corrected chi connectivity index (χ2v) is 3.08. The summed E-state index contributed by atoms with van der Waals surface area (Å²) in [4.78, 5) is 21.1. The van der Waals surface area contributed by atoms with Gasteiger partial charge in [0.1, 0.15) is 12.0 Å². The predicted molar refractivity (Wildman–Crippen MR) is 59.3 cm³/mol. The first-order valence-electron chi connectivity index (χ1n) is 4.84. The molecule has 0 aromatic heterocycles. The third kappa shape index (κ3) is 4.00. The summed E-state index contributed by atoms with van der Waals surface area (Å²) in [6.45, 7) is 0.434. The van der Waals surface area contributed by atoms with Gasteiger partial charge in [-0.3, -0.25) is 0 Å². The lowest BCUT2D eigenvalue weighted by atomic mass is 10.2. The van der Waals surface area contributed by atoms with Crippen LogP contribution in [-0.4, -0.2) is 26.0 Å². The van der Waals surface area contributed by atoms with Gasteiger partial charge in [-0.1, -0.05) is 12.1 Å². The topological polar surface area (TPSA) is 67.4 Å². The molecule has 2 amide bonds. The number of benzene rings is 1. The van der Waals surface area contributed by atoms with E-state index in [4.69, 9.17) is 4.74 Å². The normalized spacial score (nSPS) is 9.31. The van der Waals surface area contributed by atoms with Crippen LogP contribution in [-0.2, 0) is 11.3 Å². The molecule has 0 spiro atoms. The molecule has 0 radical (unpaired) electrons. The van der Waals surface area contributed by atoms with Crippen molar-refractivity contribution in [1.29, 1.82) is 0 Å². The van der Waals surface area contributed by atoms with Crippen LogP contribution in [0.15, 0.2) is 24.3 Å². The fraction of sp³-hybridized carbons (Fsp3) is 0.273. The Morgan fingerprint density at radius 1 is 1.31 bits per heavy atom. The fourth-order valence-corrected chi connectivity index (χ4v) is 1.12. The number of urea groups is 1. The standard InChI is InChI=1S/C11H14N2O3/c1-16-10-4-2-9(3-5-10)8-13-11(15)12-6-7-14/h2-5,7H,6,8H2,1H3,(H2,12,13,15). The Hall–Kier alpha value is -2.04. The number of rotatable bonds is 5. The highest BCUT2D eigenvalue weighted by Crippen LogP contribution is 2.10. The van der Waals surface area contributed by atoms with Gasteiger partial charge in [-0.05, 0) is 17.7 Å². The van der Waals surface area contributed by atoms with Crippen LogP contribution in [0, 0.1) is 0 Å². The first-order chi connectivity index (χ1) is 7.76. The van der Waals surface area contributed by atoms with E-state index in [2.05, 4.69) is 10.6 Å². The van der Waals surface area contributed by atoms with E-state index < -0.39 is 0 Å². The Morgan fingerprint density at radius 2 is 2.00 bits per heavy atom. The molecule has 16 heavy (non-hydrogen) atoms. The zero-order valence-corrected chi connectivity index (χ0v) is 9.03. The average Bonchev–Trinajstić information content (AvgIpc) is 2.34. The van der Waals surface area contributed by atoms with Gasteiger partial charge in [0.2, 0.25) is 0 Å². The summed E-state index contributed by atoms with van der Waals surface area (Å²) in [5.74, 6) is 0.772. The van der Waals surface area contributed by atoms with Gasteiger partial charge in [0.05, 0.1) is 13.7 Å². The number of nitrogens with one attached hydrogen (secondary N) is 2. The quantitative estimate of drug-likeness (QED) is 0.720. The number of hydrogen-bond acceptors (Lipinski definition) is 3. The molecule has 0 saturated heterocycles. The van der Waals surface area contributed by atoms with Gasteiger partial charge in [-0.2, -0.15) is 0 Å². The number of amides is 2. The molecule has 0 bridgehead atoms. The van der Waals surface area contributed by atoms with Crippen molar-refractivity contribution < 1.29 is 14.3 Å². The molecule has 0 fully saturated rings. The molecule has 0 saturated carbocycles. The Kier molecular flexibility index (Phi) is 4.85. The van der Waals surface area contributed by atoms with Crippen LogP contribution in [0.1, 0.15) is 5.56 Å². The Bertz CT molecular complexity index is 349. The molecule has 0 aliphatic rings. The molecule has 5 nitrogen and oxygen atoms in total. The molecule has 0 aliphatic heterocycles. The molecule has 5 heteroatoms. The van der Waals surface area contributed by atoms with Crippen molar-refractivity contribution in [1.82, 2.24) is 10.6 Å². The van der Waals surface area contributed by atoms with Crippen molar-refractivity contribution in [2.75, 3.05) is 13.7 Å². The largest absolute Gasteiger partial charge is 0.497 e. The summed E-state index contributed by atoms with van der Waals surface area (Å²) in [5, 5.41) is 5.00. The van der Waals surface area contributed by atoms with Gasteiger partial charge in [-0.15, -0.1) is 0 Å². The Morgan fingerprint density at radius 3 is 2.56 bits per heavy atom. The molecule has 0 atom stereocenters. The summed E-state index contributed by atoms with van der Waals surface area (Å²) in [7, 11) is 1.60. The first kappa shape index (κ1) is 12.0. The number of hydrogen-bond donors (Lipinski definition) is 2. The van der Waals surface area contributed by atoms with E-state index in [9.17, 15) is 9.59 Å². The SMILES string of the molecule is COc1ccc(CNC(=O)NCC=O)cc1. The van der Waals surface area contributed by atoms with E-state index in [1.807, 2.05) is 24.3 Å². The maximum Gasteiger partial charge on any atom is 0.315 e. The van der Waals surface area contributed by atoms with Crippen molar-refractivity contribution >= 4 is 12.3 Å². The van der Waals surface area contributed by atoms with Crippen LogP contribution in [0.4, 0.5) is 4.79 Å². The monoisotopic (exact) mass is 222 g/mol. The Balaban J connectivity index is 2.36. The summed E-state index contributed by atoms with van der Waals surface area (Å²) in [6, 6.07) is 7.00. The maximum atomic E-state index is 11.1. The molecule has 86 valence electrons. The highest BCUT2D eigenvalue weighted by atomic mass is 16.5. The number of carbonyl (C=O) groups is 2. The second kappa shape index (κ2) is 6.44. The molecular formula is C11H14N2O3. The minimum atomic E-state index is -0.358. The van der Waals surface area contributed by atoms with Crippen LogP contribution in [0.25, 0.3) is 0 Å². The van der Waals surface area contributed by atoms with Gasteiger partial charge < -0.3 is 20.2 Å². The van der Waals surface area contributed by atoms with Crippen molar-refractivity contribution in [3.8, 4) is 5.75 Å². The lowest BCUT2D eigenvalue weighted by Crippen LogP contribution is -2.35. The van der Waals surface area contributed by atoms with Crippen LogP contribution in [0.3, 0.4) is 0 Å². The number of aldehydes is 1. The molecule has 0 aliphatic carbocycles. The number of carbonyl (C=O) groups excluding carboxylic acids is 2. The third-order valence-electron chi connectivity index (χ3n) is 1.96. The highest BCUT2D eigenvalue weighted by molar-refractivity contribution is 5.76. The zero-order chi connectivity index (χ0) is 11.8. The van der Waals surface area contributed by atoms with Gasteiger partial charge in [0.15, 0.2) is 0 Å². The molecule has 1 aromatic carbocycles. The number of methoxy groups -OCH3 is 1. The summed E-state index contributed by atoms with van der Waals surface area (Å²) >= 11 is 0. The lowest BCUT2D eigenvalue weighted by molar-refractivity contribution is -0.107. The van der Waals surface area contributed by atoms with Crippen molar-refractivity contribution in [3.05, 3.63) is 29.8 Å². The maximum absolute atomic E-state index is 11.1. The van der Waals surface area contributed by atoms with Gasteiger partial charge >= 0.3 is 6.03 Å². The highest BCUT2D eigenvalue weighted by Gasteiger charge is 1.99. The molecular weight excluding hydrogens is 208 g/mol. The molecule has 0 heterocycles. The smallest absolute Gasteiger partial charge is 0.315 e. The van der Waals surface area contributed by atoms with Crippen LogP contribution >= 0.6 is 0 Å². The second-order valence-electron chi connectivity index (χ2n) is 3.08. The summed E-state index contributed by atoms with van der Waals surface area (Å²) < 4.78 is 5.01. The van der Waals surface area contributed by atoms with E-state index in [1.165, 1.54) is 0 Å². The lowest BCUT2D eigenvalue weighted by Gasteiger charge is -2.06. The van der Waals surface area contributed by atoms with E-state index in [0.29, 0.717) is 12.8 Å². The third-order valence-corrected chi connectivity index (χ3v) is 1.96. The molecule has 2 N–H and O–H groups in total. The van der Waals surface area contributed by atoms with Crippen molar-refractivity contribution in [2.45, 2.75) is 6.54 Å². The minimum Gasteiger partial charge on any atom is -0.497 e. The van der Waals surface area contributed by atoms with Crippen LogP contribution < -0.4 is 15.4 Å². The molecule has 1 rings (SSSR count). The van der Waals surface area contributed by atoms with Crippen LogP contribution in [0.2, 0.25) is 0 Å². The Labute approximate surface area is 93.8 Å². The van der Waals surface area contributed by atoms with E-state index >= 15 is 0 Å². The number of ether oxygens (including phenoxy) is 1. The van der Waals surface area contributed by atoms with Gasteiger partial charge in [-0.25, -0.2) is 4.79 Å². The van der Waals surface area contributed by atoms with Crippen molar-refractivity contribution in [3.63, 3.8) is 0 Å². The zero-order valence-electron chi connectivity index (χ0n) is 9.03.